The molecule has 1 aliphatic rings. The molecule has 0 heterocycles. The van der Waals surface area contributed by atoms with Crippen molar-refractivity contribution in [2.24, 2.45) is 10.8 Å². The van der Waals surface area contributed by atoms with Crippen LogP contribution in [-0.4, -0.2) is 27.7 Å². The summed E-state index contributed by atoms with van der Waals surface area (Å²) in [5, 5.41) is 0. The first-order valence-corrected chi connectivity index (χ1v) is 7.40. The van der Waals surface area contributed by atoms with Crippen molar-refractivity contribution < 1.29 is 8.45 Å². The van der Waals surface area contributed by atoms with Gasteiger partial charge in [-0.1, -0.05) is 0 Å². The van der Waals surface area contributed by atoms with Gasteiger partial charge >= 0.3 is 114 Å². The molecule has 0 bridgehead atoms. The molecular formula is C15H27NOSi+2. The summed E-state index contributed by atoms with van der Waals surface area (Å²) in [6, 6.07) is 0. The summed E-state index contributed by atoms with van der Waals surface area (Å²) in [5.41, 5.74) is 5.50. The maximum atomic E-state index is 11.7. The topological polar surface area (TPSA) is 19.9 Å². The van der Waals surface area contributed by atoms with Crippen LogP contribution in [0.4, 0.5) is 0 Å². The van der Waals surface area contributed by atoms with Gasteiger partial charge in [0, 0.05) is 0 Å². The Bertz CT molecular complexity index is 486. The molecule has 0 spiro atoms. The number of allylic oxidation sites excluding steroid dienone is 3. The number of quaternary nitrogens is 1. The van der Waals surface area contributed by atoms with Gasteiger partial charge in [0.25, 0.3) is 0 Å². The summed E-state index contributed by atoms with van der Waals surface area (Å²) in [6.07, 6.45) is 0. The van der Waals surface area contributed by atoms with Gasteiger partial charge in [0.15, 0.2) is 0 Å². The fourth-order valence-electron chi connectivity index (χ4n) is 3.33. The second-order valence-corrected chi connectivity index (χ2v) is 8.44. The van der Waals surface area contributed by atoms with Crippen LogP contribution in [0, 0.1) is 10.8 Å². The molecule has 0 radical (unpaired) electrons. The predicted octanol–water partition coefficient (Wildman–Crippen LogP) is 3.70. The summed E-state index contributed by atoms with van der Waals surface area (Å²) >= 11 is 0. The molecular weight excluding hydrogens is 238 g/mol. The van der Waals surface area contributed by atoms with Crippen molar-refractivity contribution in [2.75, 3.05) is 14.1 Å². The molecule has 1 rings (SSSR count). The molecule has 0 saturated carbocycles. The molecule has 18 heavy (non-hydrogen) atoms. The number of nitrogens with zero attached hydrogens (tertiary/aromatic N) is 1. The van der Waals surface area contributed by atoms with Crippen molar-refractivity contribution in [1.29, 1.82) is 0 Å². The van der Waals surface area contributed by atoms with Crippen LogP contribution >= 0.6 is 0 Å². The zero-order chi connectivity index (χ0) is 14.5. The summed E-state index contributed by atoms with van der Waals surface area (Å²) in [6.45, 7) is 15.7. The fraction of sp³-hybridized carbons (Fsp3) is 0.733. The second kappa shape index (κ2) is 4.32. The van der Waals surface area contributed by atoms with Gasteiger partial charge in [-0.25, -0.2) is 0 Å². The fourth-order valence-corrected chi connectivity index (χ4v) is 3.81. The molecule has 0 aromatic rings. The predicted molar refractivity (Wildman–Crippen MR) is 77.2 cm³/mol. The Morgan fingerprint density at radius 3 is 1.83 bits per heavy atom. The SMILES string of the molecule is CC1=C(C)C(C)(C(C)(C)C)C([N+](C)(C)[Si]#[O+])=C1C. The Morgan fingerprint density at radius 2 is 1.50 bits per heavy atom. The van der Waals surface area contributed by atoms with E-state index in [4.69, 9.17) is 0 Å². The normalized spacial score (nSPS) is 25.8. The van der Waals surface area contributed by atoms with Crippen molar-refractivity contribution in [3.8, 4) is 0 Å². The molecule has 0 N–H and O–H groups in total. The number of hydrogen-bond acceptors (Lipinski definition) is 0. The third kappa shape index (κ3) is 1.93. The average molecular weight is 265 g/mol. The molecule has 1 atom stereocenters. The van der Waals surface area contributed by atoms with Gasteiger partial charge in [-0.05, 0) is 0 Å². The van der Waals surface area contributed by atoms with Crippen molar-refractivity contribution >= 4 is 9.42 Å². The molecule has 0 aliphatic heterocycles. The molecule has 0 fully saturated rings. The van der Waals surface area contributed by atoms with Crippen LogP contribution in [0.2, 0.25) is 0 Å². The van der Waals surface area contributed by atoms with Gasteiger partial charge in [-0.15, -0.1) is 0 Å². The van der Waals surface area contributed by atoms with E-state index in [2.05, 4.69) is 48.5 Å². The molecule has 0 saturated heterocycles. The van der Waals surface area contributed by atoms with Crippen molar-refractivity contribution in [1.82, 2.24) is 0 Å². The summed E-state index contributed by atoms with van der Waals surface area (Å²) < 4.78 is 12.1. The Hall–Kier alpha value is -0.383. The van der Waals surface area contributed by atoms with E-state index in [9.17, 15) is 4.30 Å². The van der Waals surface area contributed by atoms with Gasteiger partial charge in [0.2, 0.25) is 0 Å². The van der Waals surface area contributed by atoms with E-state index in [1.807, 2.05) is 14.1 Å². The van der Waals surface area contributed by atoms with E-state index >= 15 is 0 Å². The maximum absolute atomic E-state index is 11.7. The van der Waals surface area contributed by atoms with Crippen LogP contribution in [0.5, 0.6) is 0 Å². The Morgan fingerprint density at radius 1 is 1.06 bits per heavy atom. The molecule has 0 aromatic heterocycles. The number of hydrogen-bond donors (Lipinski definition) is 0. The molecule has 1 aliphatic carbocycles. The molecule has 100 valence electrons. The monoisotopic (exact) mass is 265 g/mol. The quantitative estimate of drug-likeness (QED) is 0.509. The van der Waals surface area contributed by atoms with Crippen LogP contribution in [-0.2, 0) is 4.30 Å². The number of rotatable bonds is 1. The van der Waals surface area contributed by atoms with Crippen LogP contribution in [0.25, 0.3) is 0 Å². The van der Waals surface area contributed by atoms with Crippen LogP contribution in [0.3, 0.4) is 0 Å². The van der Waals surface area contributed by atoms with E-state index in [0.717, 1.165) is 0 Å². The van der Waals surface area contributed by atoms with Crippen LogP contribution in [0.1, 0.15) is 48.5 Å². The van der Waals surface area contributed by atoms with E-state index in [1.54, 1.807) is 0 Å². The van der Waals surface area contributed by atoms with Crippen LogP contribution < -0.4 is 0 Å². The zero-order valence-electron chi connectivity index (χ0n) is 13.4. The summed E-state index contributed by atoms with van der Waals surface area (Å²) in [7, 11) is 3.72. The second-order valence-electron chi connectivity index (χ2n) is 7.14. The van der Waals surface area contributed by atoms with E-state index in [0.29, 0.717) is 4.15 Å². The van der Waals surface area contributed by atoms with Crippen molar-refractivity contribution in [3.05, 3.63) is 22.4 Å². The standard InChI is InChI=1S/C15H27NOSi/c1-10-11(2)13(16(8,9)18-17)15(7,12(10)3)14(4,5)6/h1-9H3/q+2. The van der Waals surface area contributed by atoms with E-state index in [1.165, 1.54) is 22.4 Å². The Balaban J connectivity index is 3.67. The van der Waals surface area contributed by atoms with Crippen LogP contribution in [0.15, 0.2) is 22.4 Å². The van der Waals surface area contributed by atoms with Crippen molar-refractivity contribution in [2.45, 2.75) is 48.5 Å². The molecule has 0 aromatic carbocycles. The Kier molecular flexibility index (Phi) is 3.76. The molecule has 0 amide bonds. The van der Waals surface area contributed by atoms with E-state index in [-0.39, 0.29) is 20.2 Å². The zero-order valence-corrected chi connectivity index (χ0v) is 14.4. The minimum absolute atomic E-state index is 0.0257. The minimum atomic E-state index is -0.367. The van der Waals surface area contributed by atoms with E-state index < -0.39 is 0 Å². The van der Waals surface area contributed by atoms with Gasteiger partial charge < -0.3 is 0 Å². The first-order valence-electron chi connectivity index (χ1n) is 6.55. The van der Waals surface area contributed by atoms with Gasteiger partial charge in [0.1, 0.15) is 0 Å². The third-order valence-corrected chi connectivity index (χ3v) is 5.67. The molecule has 1 unspecified atom stereocenters. The molecule has 2 nitrogen and oxygen atoms in total. The van der Waals surface area contributed by atoms with Gasteiger partial charge in [-0.2, -0.15) is 0 Å². The third-order valence-electron chi connectivity index (χ3n) is 4.99. The average Bonchev–Trinajstić information content (AvgIpc) is 2.41. The van der Waals surface area contributed by atoms with Gasteiger partial charge in [0.05, 0.1) is 0 Å². The first-order chi connectivity index (χ1) is 7.91. The summed E-state index contributed by atoms with van der Waals surface area (Å²) in [5.74, 6) is 0. The first kappa shape index (κ1) is 15.7. The molecule has 3 heteroatoms. The summed E-state index contributed by atoms with van der Waals surface area (Å²) in [4.78, 5) is 0. The Labute approximate surface area is 114 Å². The van der Waals surface area contributed by atoms with Crippen molar-refractivity contribution in [3.63, 3.8) is 0 Å². The van der Waals surface area contributed by atoms with Gasteiger partial charge in [-0.3, -0.25) is 0 Å².